The Labute approximate surface area is 399 Å². The van der Waals surface area contributed by atoms with Gasteiger partial charge < -0.3 is 45.1 Å². The summed E-state index contributed by atoms with van der Waals surface area (Å²) in [4.78, 5) is 80.3. The zero-order valence-electron chi connectivity index (χ0n) is 41.6. The smallest absolute Gasteiger partial charge is 0.475 e. The molecule has 0 unspecified atom stereocenters. The third-order valence-corrected chi connectivity index (χ3v) is 12.5. The van der Waals surface area contributed by atoms with Crippen molar-refractivity contribution in [3.63, 3.8) is 0 Å². The number of methoxy groups -OCH3 is 3. The van der Waals surface area contributed by atoms with E-state index in [1.165, 1.54) is 7.11 Å². The molecule has 0 bridgehead atoms. The number of carboxylic acids is 1. The van der Waals surface area contributed by atoms with E-state index in [0.29, 0.717) is 24.9 Å². The molecule has 18 heteroatoms. The second kappa shape index (κ2) is 28.2. The van der Waals surface area contributed by atoms with E-state index in [-0.39, 0.29) is 59.9 Å². The molecule has 1 fully saturated rings. The number of carbonyl (C=O) groups excluding carboxylic acids is 5. The van der Waals surface area contributed by atoms with Crippen LogP contribution < -0.4 is 16.0 Å². The lowest BCUT2D eigenvalue weighted by atomic mass is 9.89. The number of hydrogen-bond acceptors (Lipinski definition) is 10. The molecule has 3 rings (SSSR count). The van der Waals surface area contributed by atoms with E-state index in [4.69, 9.17) is 24.1 Å². The molecular weight excluding hydrogens is 888 g/mol. The van der Waals surface area contributed by atoms with Gasteiger partial charge in [0.15, 0.2) is 0 Å². The van der Waals surface area contributed by atoms with Gasteiger partial charge in [0, 0.05) is 27.8 Å². The Morgan fingerprint density at radius 2 is 1.46 bits per heavy atom. The molecule has 4 amide bonds. The number of nitrogens with one attached hydrogen (secondary N) is 3. The zero-order chi connectivity index (χ0) is 51.5. The molecule has 0 aliphatic carbocycles. The maximum Gasteiger partial charge on any atom is 0.490 e. The summed E-state index contributed by atoms with van der Waals surface area (Å²) in [7, 11) is 7.96. The number of ether oxygens (including phenoxy) is 3. The molecule has 1 aliphatic rings. The molecule has 1 saturated heterocycles. The van der Waals surface area contributed by atoms with E-state index in [9.17, 15) is 37.1 Å². The fourth-order valence-corrected chi connectivity index (χ4v) is 8.47. The maximum atomic E-state index is 14.4. The zero-order valence-corrected chi connectivity index (χ0v) is 41.6. The van der Waals surface area contributed by atoms with E-state index in [1.807, 2.05) is 108 Å². The van der Waals surface area contributed by atoms with Gasteiger partial charge in [-0.15, -0.1) is 0 Å². The van der Waals surface area contributed by atoms with Crippen molar-refractivity contribution in [1.82, 2.24) is 25.8 Å². The van der Waals surface area contributed by atoms with Crippen LogP contribution in [0.1, 0.15) is 95.6 Å². The number of benzene rings is 2. The normalized spacial score (nSPS) is 17.5. The van der Waals surface area contributed by atoms with Crippen molar-refractivity contribution < 1.29 is 61.3 Å². The van der Waals surface area contributed by atoms with Crippen molar-refractivity contribution in [3.05, 3.63) is 77.4 Å². The van der Waals surface area contributed by atoms with Crippen molar-refractivity contribution >= 4 is 41.6 Å². The van der Waals surface area contributed by atoms with Gasteiger partial charge in [-0.1, -0.05) is 110 Å². The van der Waals surface area contributed by atoms with E-state index in [0.717, 1.165) is 24.0 Å². The van der Waals surface area contributed by atoms with Gasteiger partial charge in [0.2, 0.25) is 23.6 Å². The molecule has 2 aromatic rings. The summed E-state index contributed by atoms with van der Waals surface area (Å²) in [5, 5.41) is 16.4. The van der Waals surface area contributed by atoms with Crippen molar-refractivity contribution in [2.24, 2.45) is 23.7 Å². The minimum atomic E-state index is -5.08. The van der Waals surface area contributed by atoms with Crippen molar-refractivity contribution in [2.45, 2.75) is 129 Å². The molecule has 1 aliphatic heterocycles. The van der Waals surface area contributed by atoms with Gasteiger partial charge in [-0.3, -0.25) is 19.2 Å². The number of carboxylic acid groups (broad SMARTS) is 1. The first kappa shape index (κ1) is 58.8. The van der Waals surface area contributed by atoms with Gasteiger partial charge in [0.1, 0.15) is 6.04 Å². The fraction of sp³-hybridized carbons (Fsp3) is 0.600. The van der Waals surface area contributed by atoms with Crippen LogP contribution in [0.3, 0.4) is 0 Å². The minimum absolute atomic E-state index is 0.0229. The van der Waals surface area contributed by atoms with Gasteiger partial charge >= 0.3 is 18.1 Å². The number of alkyl halides is 3. The van der Waals surface area contributed by atoms with Crippen LogP contribution in [0.2, 0.25) is 0 Å². The number of likely N-dealkylation sites (N-methyl/N-ethyl adjacent to an activating group) is 2. The van der Waals surface area contributed by atoms with Crippen molar-refractivity contribution in [2.75, 3.05) is 42.0 Å². The summed E-state index contributed by atoms with van der Waals surface area (Å²) in [6, 6.07) is 14.6. The van der Waals surface area contributed by atoms with E-state index >= 15 is 0 Å². The number of likely N-dealkylation sites (tertiary alicyclic amines) is 1. The summed E-state index contributed by atoms with van der Waals surface area (Å²) >= 11 is 0. The average Bonchev–Trinajstić information content (AvgIpc) is 3.79. The van der Waals surface area contributed by atoms with Gasteiger partial charge in [-0.2, -0.15) is 13.2 Å². The number of halogens is 3. The summed E-state index contributed by atoms with van der Waals surface area (Å²) in [6.07, 6.45) is 0.284. The summed E-state index contributed by atoms with van der Waals surface area (Å²) in [5.41, 5.74) is 2.36. The minimum Gasteiger partial charge on any atom is -0.475 e. The highest BCUT2D eigenvalue weighted by atomic mass is 19.4. The molecule has 0 saturated carbocycles. The summed E-state index contributed by atoms with van der Waals surface area (Å²) < 4.78 is 48.7. The van der Waals surface area contributed by atoms with Crippen LogP contribution in [-0.2, 0) is 44.6 Å². The predicted molar refractivity (Wildman–Crippen MR) is 253 cm³/mol. The molecule has 4 N–H and O–H groups in total. The van der Waals surface area contributed by atoms with Gasteiger partial charge in [-0.25, -0.2) is 9.59 Å². The second-order valence-corrected chi connectivity index (χ2v) is 17.9. The number of nitrogens with zero attached hydrogens (tertiary/aromatic N) is 2. The Morgan fingerprint density at radius 3 is 1.94 bits per heavy atom. The lowest BCUT2D eigenvalue weighted by molar-refractivity contribution is -0.192. The molecule has 15 nitrogen and oxygen atoms in total. The van der Waals surface area contributed by atoms with Crippen LogP contribution in [0.4, 0.5) is 13.2 Å². The Balaban J connectivity index is 0.00000209. The number of hydrogen-bond donors (Lipinski definition) is 4. The summed E-state index contributed by atoms with van der Waals surface area (Å²) in [6.45, 7) is 14.2. The highest BCUT2D eigenvalue weighted by molar-refractivity contribution is 5.91. The molecule has 1 heterocycles. The Kier molecular flexibility index (Phi) is 24.4. The number of amides is 4. The fourth-order valence-electron chi connectivity index (χ4n) is 8.47. The van der Waals surface area contributed by atoms with Crippen molar-refractivity contribution in [1.29, 1.82) is 0 Å². The first-order valence-electron chi connectivity index (χ1n) is 23.1. The monoisotopic (exact) mass is 962 g/mol. The summed E-state index contributed by atoms with van der Waals surface area (Å²) in [5.74, 6) is -4.78. The van der Waals surface area contributed by atoms with E-state index < -0.39 is 54.4 Å². The quantitative estimate of drug-likeness (QED) is 0.0934. The molecule has 2 aromatic carbocycles. The molecule has 380 valence electrons. The van der Waals surface area contributed by atoms with Gasteiger partial charge in [0.25, 0.3) is 0 Å². The predicted octanol–water partition coefficient (Wildman–Crippen LogP) is 6.15. The van der Waals surface area contributed by atoms with E-state index in [2.05, 4.69) is 16.0 Å². The van der Waals surface area contributed by atoms with E-state index in [1.54, 1.807) is 45.3 Å². The van der Waals surface area contributed by atoms with Gasteiger partial charge in [0.05, 0.1) is 61.4 Å². The molecular formula is C50H74F3N5O10. The van der Waals surface area contributed by atoms with Crippen LogP contribution in [0.25, 0.3) is 6.08 Å². The largest absolute Gasteiger partial charge is 0.490 e. The highest BCUT2D eigenvalue weighted by Crippen LogP contribution is 2.30. The topological polar surface area (TPSA) is 193 Å². The lowest BCUT2D eigenvalue weighted by Gasteiger charge is -2.41. The second-order valence-electron chi connectivity index (χ2n) is 17.9. The molecule has 0 aromatic heterocycles. The van der Waals surface area contributed by atoms with Gasteiger partial charge in [-0.05, 0) is 67.3 Å². The number of carbonyl (C=O) groups is 6. The number of aliphatic carboxylic acids is 1. The van der Waals surface area contributed by atoms with Crippen LogP contribution in [0, 0.1) is 23.7 Å². The molecule has 68 heavy (non-hydrogen) atoms. The standard InChI is InChI=1S/C48H73N5O8.C2HF3O2/c1-13-32(6)43(52(9)47(57)42(31(4)5)51-46(56)41(49-8)30(2)3)39(59-10)29-40(54)53-27-17-20-38(53)44(60-11)33(7)45(55)50-37(28-35-18-15-14-16-19-35)26-23-34-21-24-36(25-22-34)48(58)61-12;3-2(4,5)1(6)7/h14-16,18-19,21-26,30-33,37-39,41-44,49H,13,17,20,27-29H2,1-12H3,(H,50,55)(H,51,56);(H,6,7)/t32-,33+,37+,38-,39+,41-,42-,43-,44+;/m0./s1. The lowest BCUT2D eigenvalue weighted by Crippen LogP contribution is -2.59. The molecule has 0 spiro atoms. The first-order chi connectivity index (χ1) is 32.0. The Morgan fingerprint density at radius 1 is 0.868 bits per heavy atom. The SMILES string of the molecule is CC[C@H](C)[C@@H]([C@@H](CC(=O)N1CCC[C@H]1[C@H](OC)[C@@H](C)C(=O)N[C@H](C=Cc1ccc(C(=O)OC)cc1)Cc1ccccc1)OC)N(C)C(=O)[C@@H](NC(=O)[C@@H](NC)C(C)C)C(C)C.O=C(O)C(F)(F)F. The Hall–Kier alpha value is -5.33. The third kappa shape index (κ3) is 17.3. The average molecular weight is 962 g/mol. The van der Waals surface area contributed by atoms with Crippen molar-refractivity contribution in [3.8, 4) is 0 Å². The number of esters is 1. The Bertz CT molecular complexity index is 1950. The number of rotatable bonds is 23. The van der Waals surface area contributed by atoms with Crippen LogP contribution in [-0.4, -0.2) is 141 Å². The first-order valence-corrected chi connectivity index (χ1v) is 23.1. The van der Waals surface area contributed by atoms with Crippen LogP contribution in [0.15, 0.2) is 60.7 Å². The maximum absolute atomic E-state index is 14.4. The van der Waals surface area contributed by atoms with Crippen LogP contribution >= 0.6 is 0 Å². The third-order valence-electron chi connectivity index (χ3n) is 12.5. The molecule has 0 radical (unpaired) electrons. The highest BCUT2D eigenvalue weighted by Gasteiger charge is 2.43. The van der Waals surface area contributed by atoms with Crippen LogP contribution in [0.5, 0.6) is 0 Å². The molecule has 9 atom stereocenters.